The summed E-state index contributed by atoms with van der Waals surface area (Å²) in [7, 11) is 0. The van der Waals surface area contributed by atoms with E-state index in [1.165, 1.54) is 0 Å². The summed E-state index contributed by atoms with van der Waals surface area (Å²) < 4.78 is 11.2. The zero-order valence-corrected chi connectivity index (χ0v) is 12.4. The fourth-order valence-electron chi connectivity index (χ4n) is 1.55. The Balaban J connectivity index is 2.04. The molecule has 0 bridgehead atoms. The SMILES string of the molecule is CC(C)(C)CCOCCCOc1ccc(CN)cc1. The third-order valence-corrected chi connectivity index (χ3v) is 2.86. The third-order valence-electron chi connectivity index (χ3n) is 2.86. The quantitative estimate of drug-likeness (QED) is 0.733. The minimum Gasteiger partial charge on any atom is -0.494 e. The van der Waals surface area contributed by atoms with Crippen LogP contribution in [-0.4, -0.2) is 19.8 Å². The molecule has 1 aromatic rings. The minimum atomic E-state index is 0.348. The average Bonchev–Trinajstić information content (AvgIpc) is 2.37. The van der Waals surface area contributed by atoms with E-state index in [1.54, 1.807) is 0 Å². The fourth-order valence-corrected chi connectivity index (χ4v) is 1.55. The summed E-state index contributed by atoms with van der Waals surface area (Å²) in [5, 5.41) is 0. The Morgan fingerprint density at radius 1 is 1.00 bits per heavy atom. The molecule has 0 fully saturated rings. The number of benzene rings is 1. The Hall–Kier alpha value is -1.06. The van der Waals surface area contributed by atoms with E-state index in [9.17, 15) is 0 Å². The standard InChI is InChI=1S/C16H27NO2/c1-16(2,3)9-12-18-10-4-11-19-15-7-5-14(13-17)6-8-15/h5-8H,4,9-13,17H2,1-3H3. The number of rotatable bonds is 8. The van der Waals surface area contributed by atoms with Crippen LogP contribution in [0.25, 0.3) is 0 Å². The van der Waals surface area contributed by atoms with Crippen LogP contribution < -0.4 is 10.5 Å². The highest BCUT2D eigenvalue weighted by Crippen LogP contribution is 2.18. The summed E-state index contributed by atoms with van der Waals surface area (Å²) in [5.74, 6) is 0.895. The molecular formula is C16H27NO2. The smallest absolute Gasteiger partial charge is 0.119 e. The fraction of sp³-hybridized carbons (Fsp3) is 0.625. The molecule has 1 rings (SSSR count). The second-order valence-corrected chi connectivity index (χ2v) is 5.97. The molecule has 19 heavy (non-hydrogen) atoms. The van der Waals surface area contributed by atoms with Crippen LogP contribution in [0.15, 0.2) is 24.3 Å². The summed E-state index contributed by atoms with van der Waals surface area (Å²) in [6.45, 7) is 9.53. The molecule has 3 nitrogen and oxygen atoms in total. The van der Waals surface area contributed by atoms with Crippen molar-refractivity contribution in [2.75, 3.05) is 19.8 Å². The van der Waals surface area contributed by atoms with Gasteiger partial charge in [-0.25, -0.2) is 0 Å². The van der Waals surface area contributed by atoms with E-state index in [2.05, 4.69) is 20.8 Å². The lowest BCUT2D eigenvalue weighted by atomic mass is 9.93. The number of hydrogen-bond donors (Lipinski definition) is 1. The molecule has 108 valence electrons. The summed E-state index contributed by atoms with van der Waals surface area (Å²) >= 11 is 0. The lowest BCUT2D eigenvalue weighted by molar-refractivity contribution is 0.0973. The first-order valence-electron chi connectivity index (χ1n) is 7.01. The van der Waals surface area contributed by atoms with Crippen LogP contribution in [0.2, 0.25) is 0 Å². The first kappa shape index (κ1) is 16.0. The maximum atomic E-state index is 5.63. The number of nitrogens with two attached hydrogens (primary N) is 1. The van der Waals surface area contributed by atoms with Gasteiger partial charge >= 0.3 is 0 Å². The average molecular weight is 265 g/mol. The molecule has 0 aromatic heterocycles. The highest BCUT2D eigenvalue weighted by atomic mass is 16.5. The van der Waals surface area contributed by atoms with Gasteiger partial charge in [-0.2, -0.15) is 0 Å². The highest BCUT2D eigenvalue weighted by Gasteiger charge is 2.08. The molecular weight excluding hydrogens is 238 g/mol. The van der Waals surface area contributed by atoms with Crippen LogP contribution in [0.1, 0.15) is 39.2 Å². The Labute approximate surface area is 117 Å². The summed E-state index contributed by atoms with van der Waals surface area (Å²) in [6, 6.07) is 7.91. The maximum Gasteiger partial charge on any atom is 0.119 e. The van der Waals surface area contributed by atoms with Crippen LogP contribution in [0.3, 0.4) is 0 Å². The summed E-state index contributed by atoms with van der Waals surface area (Å²) in [6.07, 6.45) is 2.01. The molecule has 0 amide bonds. The Morgan fingerprint density at radius 2 is 1.68 bits per heavy atom. The van der Waals surface area contributed by atoms with Gasteiger partial charge in [0.2, 0.25) is 0 Å². The molecule has 0 heterocycles. The molecule has 0 aliphatic rings. The maximum absolute atomic E-state index is 5.63. The second kappa shape index (κ2) is 8.18. The number of hydrogen-bond acceptors (Lipinski definition) is 3. The van der Waals surface area contributed by atoms with Gasteiger partial charge in [0.25, 0.3) is 0 Å². The van der Waals surface area contributed by atoms with E-state index < -0.39 is 0 Å². The van der Waals surface area contributed by atoms with Crippen molar-refractivity contribution in [1.82, 2.24) is 0 Å². The molecule has 0 unspecified atom stereocenters. The first-order valence-corrected chi connectivity index (χ1v) is 7.01. The van der Waals surface area contributed by atoms with Crippen LogP contribution in [0, 0.1) is 5.41 Å². The monoisotopic (exact) mass is 265 g/mol. The van der Waals surface area contributed by atoms with E-state index >= 15 is 0 Å². The van der Waals surface area contributed by atoms with Crippen molar-refractivity contribution >= 4 is 0 Å². The van der Waals surface area contributed by atoms with E-state index in [-0.39, 0.29) is 0 Å². The van der Waals surface area contributed by atoms with Gasteiger partial charge in [-0.15, -0.1) is 0 Å². The van der Waals surface area contributed by atoms with E-state index in [0.717, 1.165) is 37.4 Å². The zero-order valence-electron chi connectivity index (χ0n) is 12.4. The second-order valence-electron chi connectivity index (χ2n) is 5.97. The van der Waals surface area contributed by atoms with Crippen molar-refractivity contribution in [1.29, 1.82) is 0 Å². The molecule has 0 saturated carbocycles. The lowest BCUT2D eigenvalue weighted by Crippen LogP contribution is -2.11. The topological polar surface area (TPSA) is 44.5 Å². The van der Waals surface area contributed by atoms with Crippen LogP contribution >= 0.6 is 0 Å². The molecule has 0 radical (unpaired) electrons. The van der Waals surface area contributed by atoms with E-state index in [0.29, 0.717) is 18.6 Å². The predicted octanol–water partition coefficient (Wildman–Crippen LogP) is 3.37. The van der Waals surface area contributed by atoms with Gasteiger partial charge in [0.1, 0.15) is 5.75 Å². The van der Waals surface area contributed by atoms with Crippen molar-refractivity contribution in [2.45, 2.75) is 40.2 Å². The molecule has 0 saturated heterocycles. The van der Waals surface area contributed by atoms with Crippen molar-refractivity contribution in [3.05, 3.63) is 29.8 Å². The first-order chi connectivity index (χ1) is 9.01. The molecule has 1 aromatic carbocycles. The van der Waals surface area contributed by atoms with Crippen LogP contribution in [0.4, 0.5) is 0 Å². The minimum absolute atomic E-state index is 0.348. The van der Waals surface area contributed by atoms with Crippen molar-refractivity contribution < 1.29 is 9.47 Å². The van der Waals surface area contributed by atoms with E-state index in [1.807, 2.05) is 24.3 Å². The summed E-state index contributed by atoms with van der Waals surface area (Å²) in [4.78, 5) is 0. The van der Waals surface area contributed by atoms with Crippen LogP contribution in [0.5, 0.6) is 5.75 Å². The predicted molar refractivity (Wildman–Crippen MR) is 79.3 cm³/mol. The molecule has 0 spiro atoms. The van der Waals surface area contributed by atoms with E-state index in [4.69, 9.17) is 15.2 Å². The van der Waals surface area contributed by atoms with Gasteiger partial charge in [-0.05, 0) is 29.5 Å². The zero-order chi connectivity index (χ0) is 14.1. The Morgan fingerprint density at radius 3 is 2.26 bits per heavy atom. The highest BCUT2D eigenvalue weighted by molar-refractivity contribution is 5.26. The van der Waals surface area contributed by atoms with Gasteiger partial charge in [-0.3, -0.25) is 0 Å². The molecule has 3 heteroatoms. The van der Waals surface area contributed by atoms with Gasteiger partial charge in [0.15, 0.2) is 0 Å². The van der Waals surface area contributed by atoms with Crippen molar-refractivity contribution in [3.8, 4) is 5.75 Å². The Bertz CT molecular complexity index is 341. The number of ether oxygens (including phenoxy) is 2. The van der Waals surface area contributed by atoms with Crippen molar-refractivity contribution in [3.63, 3.8) is 0 Å². The molecule has 0 aliphatic heterocycles. The van der Waals surface area contributed by atoms with Crippen LogP contribution in [-0.2, 0) is 11.3 Å². The van der Waals surface area contributed by atoms with Gasteiger partial charge in [0, 0.05) is 26.2 Å². The lowest BCUT2D eigenvalue weighted by Gasteiger charge is -2.17. The largest absolute Gasteiger partial charge is 0.494 e. The molecule has 0 atom stereocenters. The normalized spacial score (nSPS) is 11.6. The Kier molecular flexibility index (Phi) is 6.89. The van der Waals surface area contributed by atoms with Gasteiger partial charge in [-0.1, -0.05) is 32.9 Å². The molecule has 0 aliphatic carbocycles. The van der Waals surface area contributed by atoms with Crippen molar-refractivity contribution in [2.24, 2.45) is 11.1 Å². The summed E-state index contributed by atoms with van der Waals surface area (Å²) in [5.41, 5.74) is 7.01. The molecule has 2 N–H and O–H groups in total. The van der Waals surface area contributed by atoms with Gasteiger partial charge in [0.05, 0.1) is 6.61 Å². The van der Waals surface area contributed by atoms with Gasteiger partial charge < -0.3 is 15.2 Å². The third kappa shape index (κ3) is 7.85.